The monoisotopic (exact) mass is 443 g/mol. The van der Waals surface area contributed by atoms with Gasteiger partial charge in [0.2, 0.25) is 0 Å². The number of thiophene rings is 1. The molecule has 9 heteroatoms. The SMILES string of the molecule is CCn1c(SCc2cc(=O)n3ccsc3n2)nnc1-c1csc2c1CCC(C)C2. The minimum absolute atomic E-state index is 0.0383. The fourth-order valence-electron chi connectivity index (χ4n) is 3.84. The first-order valence-corrected chi connectivity index (χ1v) is 12.5. The fourth-order valence-corrected chi connectivity index (χ4v) is 6.72. The highest BCUT2D eigenvalue weighted by atomic mass is 32.2. The van der Waals surface area contributed by atoms with Crippen LogP contribution >= 0.6 is 34.4 Å². The van der Waals surface area contributed by atoms with Crippen LogP contribution < -0.4 is 5.56 Å². The molecule has 1 aliphatic carbocycles. The van der Waals surface area contributed by atoms with Gasteiger partial charge in [0.05, 0.1) is 5.69 Å². The largest absolute Gasteiger partial charge is 0.302 e. The molecule has 6 nitrogen and oxygen atoms in total. The normalized spacial score (nSPS) is 16.4. The smallest absolute Gasteiger partial charge is 0.258 e. The van der Waals surface area contributed by atoms with Gasteiger partial charge in [-0.1, -0.05) is 18.7 Å². The standard InChI is InChI=1S/C20H21N5OS3/c1-3-24-18(15-11-28-16-8-12(2)4-5-14(15)16)22-23-20(24)29-10-13-9-17(26)25-6-7-27-19(25)21-13/h6-7,9,11-12H,3-5,8,10H2,1-2H3. The highest BCUT2D eigenvalue weighted by Gasteiger charge is 2.24. The molecule has 1 atom stereocenters. The summed E-state index contributed by atoms with van der Waals surface area (Å²) in [5, 5.41) is 14.0. The minimum atomic E-state index is -0.0383. The minimum Gasteiger partial charge on any atom is -0.302 e. The van der Waals surface area contributed by atoms with Crippen LogP contribution in [0.3, 0.4) is 0 Å². The van der Waals surface area contributed by atoms with E-state index in [1.54, 1.807) is 28.4 Å². The Hall–Kier alpha value is -1.97. The van der Waals surface area contributed by atoms with Gasteiger partial charge in [0, 0.05) is 45.8 Å². The number of hydrogen-bond donors (Lipinski definition) is 0. The van der Waals surface area contributed by atoms with E-state index in [4.69, 9.17) is 0 Å². The van der Waals surface area contributed by atoms with Gasteiger partial charge in [-0.2, -0.15) is 0 Å². The second-order valence-corrected chi connectivity index (χ2v) is 10.2. The molecule has 0 fully saturated rings. The molecule has 4 heterocycles. The van der Waals surface area contributed by atoms with Crippen LogP contribution in [0.5, 0.6) is 0 Å². The molecule has 0 spiro atoms. The van der Waals surface area contributed by atoms with E-state index in [-0.39, 0.29) is 5.56 Å². The molecular formula is C20H21N5OS3. The molecular weight excluding hydrogens is 422 g/mol. The molecule has 29 heavy (non-hydrogen) atoms. The Morgan fingerprint density at radius 2 is 2.21 bits per heavy atom. The van der Waals surface area contributed by atoms with Gasteiger partial charge in [-0.05, 0) is 37.7 Å². The maximum absolute atomic E-state index is 12.2. The van der Waals surface area contributed by atoms with E-state index in [2.05, 4.69) is 39.0 Å². The molecule has 4 aromatic rings. The van der Waals surface area contributed by atoms with Gasteiger partial charge in [-0.15, -0.1) is 32.9 Å². The quantitative estimate of drug-likeness (QED) is 0.425. The molecule has 0 amide bonds. The predicted molar refractivity (Wildman–Crippen MR) is 119 cm³/mol. The summed E-state index contributed by atoms with van der Waals surface area (Å²) in [5.41, 5.74) is 3.44. The van der Waals surface area contributed by atoms with E-state index >= 15 is 0 Å². The molecule has 0 aliphatic heterocycles. The molecule has 0 saturated carbocycles. The van der Waals surface area contributed by atoms with Gasteiger partial charge >= 0.3 is 0 Å². The van der Waals surface area contributed by atoms with Crippen molar-refractivity contribution < 1.29 is 0 Å². The topological polar surface area (TPSA) is 65.1 Å². The summed E-state index contributed by atoms with van der Waals surface area (Å²) >= 11 is 4.92. The zero-order valence-corrected chi connectivity index (χ0v) is 18.7. The maximum Gasteiger partial charge on any atom is 0.258 e. The van der Waals surface area contributed by atoms with E-state index in [0.717, 1.165) is 40.5 Å². The van der Waals surface area contributed by atoms with E-state index in [1.165, 1.54) is 40.2 Å². The Labute approximate surface area is 180 Å². The van der Waals surface area contributed by atoms with Gasteiger partial charge in [-0.3, -0.25) is 9.20 Å². The lowest BCUT2D eigenvalue weighted by atomic mass is 9.88. The Bertz CT molecular complexity index is 1230. The summed E-state index contributed by atoms with van der Waals surface area (Å²) in [5.74, 6) is 2.33. The van der Waals surface area contributed by atoms with Gasteiger partial charge in [0.15, 0.2) is 15.9 Å². The summed E-state index contributed by atoms with van der Waals surface area (Å²) < 4.78 is 3.76. The van der Waals surface area contributed by atoms with E-state index in [9.17, 15) is 4.79 Å². The Balaban J connectivity index is 1.42. The Morgan fingerprint density at radius 3 is 3.07 bits per heavy atom. The average molecular weight is 444 g/mol. The van der Waals surface area contributed by atoms with Crippen LogP contribution in [0, 0.1) is 5.92 Å². The molecule has 150 valence electrons. The molecule has 0 radical (unpaired) electrons. The molecule has 4 aromatic heterocycles. The first-order valence-electron chi connectivity index (χ1n) is 9.75. The van der Waals surface area contributed by atoms with Crippen molar-refractivity contribution in [1.82, 2.24) is 24.1 Å². The van der Waals surface area contributed by atoms with E-state index < -0.39 is 0 Å². The van der Waals surface area contributed by atoms with E-state index in [1.807, 2.05) is 16.7 Å². The molecule has 1 unspecified atom stereocenters. The van der Waals surface area contributed by atoms with Gasteiger partial charge < -0.3 is 4.57 Å². The highest BCUT2D eigenvalue weighted by Crippen LogP contribution is 2.38. The molecule has 0 aromatic carbocycles. The number of fused-ring (bicyclic) bond motifs is 2. The molecule has 0 saturated heterocycles. The fraction of sp³-hybridized carbons (Fsp3) is 0.400. The lowest BCUT2D eigenvalue weighted by molar-refractivity contribution is 0.508. The summed E-state index contributed by atoms with van der Waals surface area (Å²) in [6.07, 6.45) is 5.30. The van der Waals surface area contributed by atoms with Crippen LogP contribution in [-0.2, 0) is 25.1 Å². The van der Waals surface area contributed by atoms with Crippen LogP contribution in [0.4, 0.5) is 0 Å². The van der Waals surface area contributed by atoms with Crippen molar-refractivity contribution in [2.24, 2.45) is 5.92 Å². The van der Waals surface area contributed by atoms with Crippen molar-refractivity contribution in [3.05, 3.63) is 49.5 Å². The number of rotatable bonds is 5. The third-order valence-corrected chi connectivity index (χ3v) is 8.19. The zero-order valence-electron chi connectivity index (χ0n) is 16.3. The van der Waals surface area contributed by atoms with Crippen LogP contribution in [-0.4, -0.2) is 24.1 Å². The van der Waals surface area contributed by atoms with E-state index in [0.29, 0.717) is 5.75 Å². The van der Waals surface area contributed by atoms with Crippen molar-refractivity contribution >= 4 is 39.4 Å². The second kappa shape index (κ2) is 7.70. The number of aromatic nitrogens is 5. The molecule has 1 aliphatic rings. The summed E-state index contributed by atoms with van der Waals surface area (Å²) in [4.78, 5) is 19.0. The van der Waals surface area contributed by atoms with Crippen molar-refractivity contribution in [3.8, 4) is 11.4 Å². The summed E-state index contributed by atoms with van der Waals surface area (Å²) in [6.45, 7) is 5.27. The van der Waals surface area contributed by atoms with Gasteiger partial charge in [0.25, 0.3) is 5.56 Å². The highest BCUT2D eigenvalue weighted by molar-refractivity contribution is 7.98. The van der Waals surface area contributed by atoms with Crippen LogP contribution in [0.1, 0.15) is 36.4 Å². The molecule has 0 bridgehead atoms. The number of hydrogen-bond acceptors (Lipinski definition) is 7. The third kappa shape index (κ3) is 3.45. The van der Waals surface area contributed by atoms with Crippen molar-refractivity contribution in [2.75, 3.05) is 0 Å². The zero-order chi connectivity index (χ0) is 20.0. The first kappa shape index (κ1) is 19.0. The third-order valence-electron chi connectivity index (χ3n) is 5.38. The number of thiazole rings is 1. The Kier molecular flexibility index (Phi) is 5.05. The predicted octanol–water partition coefficient (Wildman–Crippen LogP) is 4.51. The lowest BCUT2D eigenvalue weighted by Gasteiger charge is -2.19. The second-order valence-electron chi connectivity index (χ2n) is 7.38. The van der Waals surface area contributed by atoms with Crippen molar-refractivity contribution in [3.63, 3.8) is 0 Å². The van der Waals surface area contributed by atoms with Crippen LogP contribution in [0.25, 0.3) is 16.3 Å². The summed E-state index contributed by atoms with van der Waals surface area (Å²) in [7, 11) is 0. The van der Waals surface area contributed by atoms with Gasteiger partial charge in [0.1, 0.15) is 0 Å². The molecule has 5 rings (SSSR count). The summed E-state index contributed by atoms with van der Waals surface area (Å²) in [6, 6.07) is 1.61. The first-order chi connectivity index (χ1) is 14.1. The number of nitrogens with zero attached hydrogens (tertiary/aromatic N) is 5. The van der Waals surface area contributed by atoms with Gasteiger partial charge in [-0.25, -0.2) is 4.98 Å². The molecule has 0 N–H and O–H groups in total. The average Bonchev–Trinajstić information content (AvgIpc) is 3.43. The van der Waals surface area contributed by atoms with Crippen molar-refractivity contribution in [2.45, 2.75) is 50.6 Å². The van der Waals surface area contributed by atoms with Crippen LogP contribution in [0.2, 0.25) is 0 Å². The maximum atomic E-state index is 12.2. The van der Waals surface area contributed by atoms with Crippen molar-refractivity contribution in [1.29, 1.82) is 0 Å². The van der Waals surface area contributed by atoms with Crippen LogP contribution in [0.15, 0.2) is 33.0 Å². The Morgan fingerprint density at radius 1 is 1.31 bits per heavy atom. The number of thioether (sulfide) groups is 1. The lowest BCUT2D eigenvalue weighted by Crippen LogP contribution is -2.12.